The van der Waals surface area contributed by atoms with Crippen molar-refractivity contribution in [3.8, 4) is 0 Å². The Labute approximate surface area is 174 Å². The Morgan fingerprint density at radius 3 is 2.28 bits per heavy atom. The van der Waals surface area contributed by atoms with Crippen molar-refractivity contribution in [3.63, 3.8) is 0 Å². The number of hydrogen-bond acceptors (Lipinski definition) is 4. The lowest BCUT2D eigenvalue weighted by molar-refractivity contribution is -0.125. The van der Waals surface area contributed by atoms with E-state index in [0.717, 1.165) is 15.4 Å². The van der Waals surface area contributed by atoms with E-state index in [1.54, 1.807) is 17.8 Å². The Morgan fingerprint density at radius 1 is 0.828 bits per heavy atom. The summed E-state index contributed by atoms with van der Waals surface area (Å²) in [5.74, 6) is -0.613. The fourth-order valence-corrected chi connectivity index (χ4v) is 3.54. The van der Waals surface area contributed by atoms with Crippen LogP contribution in [0.5, 0.6) is 0 Å². The van der Waals surface area contributed by atoms with Crippen LogP contribution in [0.1, 0.15) is 5.56 Å². The first kappa shape index (κ1) is 20.6. The van der Waals surface area contributed by atoms with Gasteiger partial charge in [0.25, 0.3) is 0 Å². The summed E-state index contributed by atoms with van der Waals surface area (Å²) in [4.78, 5) is 26.2. The number of benzene rings is 3. The Hall–Kier alpha value is -3.09. The second kappa shape index (κ2) is 10.5. The average Bonchev–Trinajstić information content (AvgIpc) is 2.70. The number of carbonyl (C=O) groups excluding carboxylic acids is 2. The molecular weight excluding hydrogens is 384 g/mol. The Morgan fingerprint density at radius 2 is 1.52 bits per heavy atom. The molecule has 6 heteroatoms. The van der Waals surface area contributed by atoms with E-state index in [1.807, 2.05) is 79.7 Å². The lowest BCUT2D eigenvalue weighted by Crippen LogP contribution is -2.24. The topological polar surface area (TPSA) is 67.4 Å². The van der Waals surface area contributed by atoms with Gasteiger partial charge in [-0.2, -0.15) is 0 Å². The van der Waals surface area contributed by atoms with Crippen molar-refractivity contribution in [2.45, 2.75) is 16.7 Å². The van der Waals surface area contributed by atoms with E-state index < -0.39 is 0 Å². The Kier molecular flexibility index (Phi) is 7.44. The minimum atomic E-state index is -0.311. The maximum atomic E-state index is 12.2. The number of carbonyl (C=O) groups is 2. The largest absolute Gasteiger partial charge is 0.362 e. The quantitative estimate of drug-likeness (QED) is 0.567. The summed E-state index contributed by atoms with van der Waals surface area (Å²) in [5, 5.41) is 5.59. The molecule has 0 aliphatic heterocycles. The maximum absolute atomic E-state index is 12.2. The lowest BCUT2D eigenvalue weighted by atomic mass is 10.2. The van der Waals surface area contributed by atoms with Crippen molar-refractivity contribution < 1.29 is 14.3 Å². The van der Waals surface area contributed by atoms with Crippen LogP contribution in [0.15, 0.2) is 88.7 Å². The molecule has 0 unspecified atom stereocenters. The van der Waals surface area contributed by atoms with Gasteiger partial charge in [-0.15, -0.1) is 0 Å². The van der Waals surface area contributed by atoms with Crippen LogP contribution >= 0.6 is 11.8 Å². The van der Waals surface area contributed by atoms with E-state index >= 15 is 0 Å². The van der Waals surface area contributed by atoms with Crippen LogP contribution in [0.2, 0.25) is 0 Å². The number of ether oxygens (including phenoxy) is 1. The van der Waals surface area contributed by atoms with Gasteiger partial charge < -0.3 is 15.4 Å². The van der Waals surface area contributed by atoms with Gasteiger partial charge in [0.2, 0.25) is 11.8 Å². The molecule has 0 bridgehead atoms. The zero-order valence-corrected chi connectivity index (χ0v) is 16.9. The molecular formula is C23H22N2O3S. The number of nitrogens with one attached hydrogen (secondary N) is 2. The van der Waals surface area contributed by atoms with Gasteiger partial charge in [0.05, 0.1) is 5.69 Å². The molecule has 2 N–H and O–H groups in total. The lowest BCUT2D eigenvalue weighted by Gasteiger charge is -2.11. The summed E-state index contributed by atoms with van der Waals surface area (Å²) in [7, 11) is 0. The number of rotatable bonds is 8. The summed E-state index contributed by atoms with van der Waals surface area (Å²) < 4.78 is 5.26. The van der Waals surface area contributed by atoms with Crippen molar-refractivity contribution in [3.05, 3.63) is 84.4 Å². The molecule has 0 aromatic heterocycles. The summed E-state index contributed by atoms with van der Waals surface area (Å²) in [6.07, 6.45) is 0. The highest BCUT2D eigenvalue weighted by Crippen LogP contribution is 2.33. The summed E-state index contributed by atoms with van der Waals surface area (Å²) >= 11 is 1.57. The predicted molar refractivity (Wildman–Crippen MR) is 116 cm³/mol. The first-order chi connectivity index (χ1) is 14.1. The van der Waals surface area contributed by atoms with Crippen LogP contribution in [0.3, 0.4) is 0 Å². The van der Waals surface area contributed by atoms with Gasteiger partial charge in [0, 0.05) is 15.5 Å². The Balaban J connectivity index is 1.48. The molecule has 0 saturated carbocycles. The SMILES string of the molecule is Cc1cccc(NC(=O)COCC(=O)Nc2ccccc2Sc2ccccc2)c1. The first-order valence-electron chi connectivity index (χ1n) is 9.16. The number of hydrogen-bond donors (Lipinski definition) is 2. The van der Waals surface area contributed by atoms with E-state index in [4.69, 9.17) is 4.74 Å². The minimum Gasteiger partial charge on any atom is -0.362 e. The van der Waals surface area contributed by atoms with Crippen LogP contribution in [0, 0.1) is 6.92 Å². The third kappa shape index (κ3) is 6.78. The second-order valence-corrected chi connectivity index (χ2v) is 7.49. The highest BCUT2D eigenvalue weighted by atomic mass is 32.2. The van der Waals surface area contributed by atoms with Crippen LogP contribution in [0.25, 0.3) is 0 Å². The van der Waals surface area contributed by atoms with E-state index in [9.17, 15) is 9.59 Å². The van der Waals surface area contributed by atoms with E-state index in [2.05, 4.69) is 10.6 Å². The van der Waals surface area contributed by atoms with Gasteiger partial charge in [0.15, 0.2) is 0 Å². The Bertz CT molecular complexity index is 977. The molecule has 0 fully saturated rings. The molecule has 0 radical (unpaired) electrons. The summed E-state index contributed by atoms with van der Waals surface area (Å²) in [6, 6.07) is 25.0. The van der Waals surface area contributed by atoms with Gasteiger partial charge in [-0.25, -0.2) is 0 Å². The maximum Gasteiger partial charge on any atom is 0.250 e. The van der Waals surface area contributed by atoms with E-state index in [-0.39, 0.29) is 25.0 Å². The third-order valence-corrected chi connectivity index (χ3v) is 4.98. The molecule has 3 aromatic rings. The van der Waals surface area contributed by atoms with Crippen molar-refractivity contribution in [1.29, 1.82) is 0 Å². The van der Waals surface area contributed by atoms with Gasteiger partial charge in [-0.05, 0) is 48.9 Å². The zero-order valence-electron chi connectivity index (χ0n) is 16.1. The van der Waals surface area contributed by atoms with Crippen molar-refractivity contribution in [2.75, 3.05) is 23.8 Å². The summed E-state index contributed by atoms with van der Waals surface area (Å²) in [5.41, 5.74) is 2.46. The smallest absolute Gasteiger partial charge is 0.250 e. The molecule has 0 aliphatic rings. The monoisotopic (exact) mass is 406 g/mol. The molecule has 2 amide bonds. The third-order valence-electron chi connectivity index (χ3n) is 3.90. The predicted octanol–water partition coefficient (Wildman–Crippen LogP) is 4.74. The molecule has 0 spiro atoms. The van der Waals surface area contributed by atoms with Gasteiger partial charge in [-0.1, -0.05) is 54.2 Å². The highest BCUT2D eigenvalue weighted by molar-refractivity contribution is 7.99. The molecule has 0 heterocycles. The number of amides is 2. The van der Waals surface area contributed by atoms with Crippen LogP contribution in [0.4, 0.5) is 11.4 Å². The number of para-hydroxylation sites is 1. The van der Waals surface area contributed by atoms with E-state index in [0.29, 0.717) is 11.4 Å². The van der Waals surface area contributed by atoms with Gasteiger partial charge in [0.1, 0.15) is 13.2 Å². The molecule has 0 saturated heterocycles. The van der Waals surface area contributed by atoms with Crippen LogP contribution < -0.4 is 10.6 Å². The zero-order chi connectivity index (χ0) is 20.5. The minimum absolute atomic E-state index is 0.193. The normalized spacial score (nSPS) is 10.4. The van der Waals surface area contributed by atoms with Crippen LogP contribution in [-0.2, 0) is 14.3 Å². The fraction of sp³-hybridized carbons (Fsp3) is 0.130. The van der Waals surface area contributed by atoms with Crippen molar-refractivity contribution in [1.82, 2.24) is 0 Å². The highest BCUT2D eigenvalue weighted by Gasteiger charge is 2.10. The van der Waals surface area contributed by atoms with Crippen molar-refractivity contribution in [2.24, 2.45) is 0 Å². The molecule has 0 aliphatic carbocycles. The van der Waals surface area contributed by atoms with E-state index in [1.165, 1.54) is 0 Å². The first-order valence-corrected chi connectivity index (χ1v) is 9.98. The fourth-order valence-electron chi connectivity index (χ4n) is 2.62. The van der Waals surface area contributed by atoms with Gasteiger partial charge in [-0.3, -0.25) is 9.59 Å². The molecule has 5 nitrogen and oxygen atoms in total. The van der Waals surface area contributed by atoms with Gasteiger partial charge >= 0.3 is 0 Å². The molecule has 29 heavy (non-hydrogen) atoms. The molecule has 148 valence electrons. The van der Waals surface area contributed by atoms with Crippen molar-refractivity contribution >= 4 is 35.0 Å². The summed E-state index contributed by atoms with van der Waals surface area (Å²) in [6.45, 7) is 1.55. The standard InChI is InChI=1S/C23H22N2O3S/c1-17-8-7-9-18(14-17)24-22(26)15-28-16-23(27)25-20-12-5-6-13-21(20)29-19-10-3-2-4-11-19/h2-14H,15-16H2,1H3,(H,24,26)(H,25,27). The molecule has 0 atom stereocenters. The number of aryl methyl sites for hydroxylation is 1. The number of anilines is 2. The molecule has 3 rings (SSSR count). The molecule has 3 aromatic carbocycles. The second-order valence-electron chi connectivity index (χ2n) is 6.37. The average molecular weight is 407 g/mol. The van der Waals surface area contributed by atoms with Crippen LogP contribution in [-0.4, -0.2) is 25.0 Å².